The molecule has 0 saturated carbocycles. The topological polar surface area (TPSA) is 50.2 Å². The van der Waals surface area contributed by atoms with E-state index in [1.165, 1.54) is 12.8 Å². The molecule has 0 aliphatic carbocycles. The van der Waals surface area contributed by atoms with Gasteiger partial charge in [0.1, 0.15) is 0 Å². The summed E-state index contributed by atoms with van der Waals surface area (Å²) in [6.45, 7) is 7.66. The molecule has 1 aromatic rings. The molecule has 0 bridgehead atoms. The van der Waals surface area contributed by atoms with Gasteiger partial charge in [-0.1, -0.05) is 6.92 Å². The highest BCUT2D eigenvalue weighted by Crippen LogP contribution is 2.11. The fourth-order valence-corrected chi connectivity index (χ4v) is 2.63. The molecule has 5 heteroatoms. The molecule has 19 heavy (non-hydrogen) atoms. The van der Waals surface area contributed by atoms with Crippen LogP contribution in [0.4, 0.5) is 5.82 Å². The number of aryl methyl sites for hydroxylation is 1. The van der Waals surface area contributed by atoms with Crippen LogP contribution in [0.5, 0.6) is 0 Å². The Morgan fingerprint density at radius 3 is 3.00 bits per heavy atom. The number of anilines is 1. The van der Waals surface area contributed by atoms with Crippen molar-refractivity contribution in [3.63, 3.8) is 0 Å². The summed E-state index contributed by atoms with van der Waals surface area (Å²) in [5, 5.41) is 3.49. The maximum Gasteiger partial charge on any atom is 0.293 e. The van der Waals surface area contributed by atoms with E-state index >= 15 is 0 Å². The van der Waals surface area contributed by atoms with E-state index in [0.717, 1.165) is 26.1 Å². The first-order valence-corrected chi connectivity index (χ1v) is 7.30. The molecule has 1 fully saturated rings. The van der Waals surface area contributed by atoms with Crippen molar-refractivity contribution < 1.29 is 0 Å². The van der Waals surface area contributed by atoms with E-state index in [1.807, 2.05) is 6.92 Å². The quantitative estimate of drug-likeness (QED) is 0.839. The summed E-state index contributed by atoms with van der Waals surface area (Å²) >= 11 is 0. The Bertz CT molecular complexity index is 451. The van der Waals surface area contributed by atoms with Crippen LogP contribution in [0, 0.1) is 0 Å². The average Bonchev–Trinajstić information content (AvgIpc) is 2.91. The summed E-state index contributed by atoms with van der Waals surface area (Å²) in [4.78, 5) is 18.8. The fraction of sp³-hybridized carbons (Fsp3) is 0.714. The summed E-state index contributed by atoms with van der Waals surface area (Å²) in [5.41, 5.74) is 0.0245. The standard InChI is InChI=1S/C14H24N4O/c1-3-9-18(11-12-6-5-7-15-12)13-14(19)17(4-2)10-8-16-13/h8,10,12,15H,3-7,9,11H2,1-2H3. The molecule has 2 heterocycles. The van der Waals surface area contributed by atoms with Crippen molar-refractivity contribution in [2.24, 2.45) is 0 Å². The van der Waals surface area contributed by atoms with Crippen LogP contribution >= 0.6 is 0 Å². The van der Waals surface area contributed by atoms with Crippen LogP contribution in [0.15, 0.2) is 17.2 Å². The van der Waals surface area contributed by atoms with Crippen molar-refractivity contribution in [1.82, 2.24) is 14.9 Å². The molecule has 1 unspecified atom stereocenters. The number of nitrogens with zero attached hydrogens (tertiary/aromatic N) is 3. The molecule has 1 atom stereocenters. The van der Waals surface area contributed by atoms with Crippen molar-refractivity contribution >= 4 is 5.82 Å². The van der Waals surface area contributed by atoms with Gasteiger partial charge < -0.3 is 14.8 Å². The summed E-state index contributed by atoms with van der Waals surface area (Å²) in [6, 6.07) is 0.489. The third kappa shape index (κ3) is 3.35. The van der Waals surface area contributed by atoms with E-state index in [-0.39, 0.29) is 5.56 Å². The van der Waals surface area contributed by atoms with E-state index in [2.05, 4.69) is 22.1 Å². The van der Waals surface area contributed by atoms with Crippen LogP contribution in [-0.2, 0) is 6.54 Å². The van der Waals surface area contributed by atoms with E-state index in [4.69, 9.17) is 0 Å². The summed E-state index contributed by atoms with van der Waals surface area (Å²) in [6.07, 6.45) is 6.92. The first kappa shape index (κ1) is 14.1. The van der Waals surface area contributed by atoms with Gasteiger partial charge in [0.2, 0.25) is 0 Å². The SMILES string of the molecule is CCCN(CC1CCCN1)c1nccn(CC)c1=O. The minimum atomic E-state index is 0.0245. The Kier molecular flexibility index (Phi) is 4.96. The summed E-state index contributed by atoms with van der Waals surface area (Å²) < 4.78 is 1.72. The van der Waals surface area contributed by atoms with Gasteiger partial charge in [0.25, 0.3) is 5.56 Å². The lowest BCUT2D eigenvalue weighted by atomic mass is 10.2. The maximum absolute atomic E-state index is 12.3. The number of aromatic nitrogens is 2. The average molecular weight is 264 g/mol. The van der Waals surface area contributed by atoms with Gasteiger partial charge in [-0.15, -0.1) is 0 Å². The van der Waals surface area contributed by atoms with E-state index in [9.17, 15) is 4.79 Å². The second-order valence-electron chi connectivity index (χ2n) is 5.08. The van der Waals surface area contributed by atoms with E-state index in [1.54, 1.807) is 17.0 Å². The minimum absolute atomic E-state index is 0.0245. The first-order chi connectivity index (χ1) is 9.26. The Morgan fingerprint density at radius 2 is 2.37 bits per heavy atom. The highest BCUT2D eigenvalue weighted by atomic mass is 16.1. The van der Waals surface area contributed by atoms with Crippen molar-refractivity contribution in [2.45, 2.75) is 45.7 Å². The van der Waals surface area contributed by atoms with Crippen molar-refractivity contribution in [1.29, 1.82) is 0 Å². The molecule has 0 amide bonds. The van der Waals surface area contributed by atoms with Crippen LogP contribution in [-0.4, -0.2) is 35.2 Å². The molecule has 0 aromatic carbocycles. The molecule has 2 rings (SSSR count). The molecular weight excluding hydrogens is 240 g/mol. The molecular formula is C14H24N4O. The molecule has 0 spiro atoms. The zero-order valence-electron chi connectivity index (χ0n) is 11.9. The number of hydrogen-bond acceptors (Lipinski definition) is 4. The number of nitrogens with one attached hydrogen (secondary N) is 1. The summed E-state index contributed by atoms with van der Waals surface area (Å²) in [5.74, 6) is 0.597. The number of rotatable bonds is 6. The van der Waals surface area contributed by atoms with Gasteiger partial charge in [-0.2, -0.15) is 0 Å². The minimum Gasteiger partial charge on any atom is -0.350 e. The highest BCUT2D eigenvalue weighted by molar-refractivity contribution is 5.36. The van der Waals surface area contributed by atoms with E-state index in [0.29, 0.717) is 18.4 Å². The van der Waals surface area contributed by atoms with Crippen molar-refractivity contribution in [3.05, 3.63) is 22.7 Å². The second kappa shape index (κ2) is 6.70. The van der Waals surface area contributed by atoms with Crippen LogP contribution in [0.25, 0.3) is 0 Å². The normalized spacial score (nSPS) is 18.7. The monoisotopic (exact) mass is 264 g/mol. The zero-order valence-corrected chi connectivity index (χ0v) is 11.9. The Balaban J connectivity index is 2.20. The van der Waals surface area contributed by atoms with Gasteiger partial charge in [0.05, 0.1) is 0 Å². The van der Waals surface area contributed by atoms with Gasteiger partial charge in [0.15, 0.2) is 5.82 Å². The van der Waals surface area contributed by atoms with Crippen LogP contribution in [0.1, 0.15) is 33.1 Å². The second-order valence-corrected chi connectivity index (χ2v) is 5.08. The molecule has 1 aliphatic heterocycles. The molecule has 1 aliphatic rings. The van der Waals surface area contributed by atoms with Gasteiger partial charge in [-0.05, 0) is 32.7 Å². The third-order valence-corrected chi connectivity index (χ3v) is 3.63. The van der Waals surface area contributed by atoms with Crippen LogP contribution < -0.4 is 15.8 Å². The Labute approximate surface area is 114 Å². The highest BCUT2D eigenvalue weighted by Gasteiger charge is 2.20. The fourth-order valence-electron chi connectivity index (χ4n) is 2.63. The van der Waals surface area contributed by atoms with Gasteiger partial charge in [0, 0.05) is 38.1 Å². The predicted molar refractivity (Wildman–Crippen MR) is 77.7 cm³/mol. The summed E-state index contributed by atoms with van der Waals surface area (Å²) in [7, 11) is 0. The predicted octanol–water partition coefficient (Wildman–Crippen LogP) is 1.23. The smallest absolute Gasteiger partial charge is 0.293 e. The maximum atomic E-state index is 12.3. The Morgan fingerprint density at radius 1 is 1.53 bits per heavy atom. The molecule has 1 saturated heterocycles. The van der Waals surface area contributed by atoms with Crippen molar-refractivity contribution in [3.8, 4) is 0 Å². The lowest BCUT2D eigenvalue weighted by Gasteiger charge is -2.26. The molecule has 5 nitrogen and oxygen atoms in total. The molecule has 0 radical (unpaired) electrons. The van der Waals surface area contributed by atoms with Gasteiger partial charge >= 0.3 is 0 Å². The van der Waals surface area contributed by atoms with Gasteiger partial charge in [-0.25, -0.2) is 4.98 Å². The Hall–Kier alpha value is -1.36. The van der Waals surface area contributed by atoms with Gasteiger partial charge in [-0.3, -0.25) is 4.79 Å². The first-order valence-electron chi connectivity index (χ1n) is 7.30. The lowest BCUT2D eigenvalue weighted by Crippen LogP contribution is -2.41. The largest absolute Gasteiger partial charge is 0.350 e. The molecule has 1 aromatic heterocycles. The van der Waals surface area contributed by atoms with Crippen molar-refractivity contribution in [2.75, 3.05) is 24.5 Å². The molecule has 106 valence electrons. The van der Waals surface area contributed by atoms with Crippen LogP contribution in [0.3, 0.4) is 0 Å². The number of hydrogen-bond donors (Lipinski definition) is 1. The van der Waals surface area contributed by atoms with Crippen LogP contribution in [0.2, 0.25) is 0 Å². The molecule has 1 N–H and O–H groups in total. The van der Waals surface area contributed by atoms with E-state index < -0.39 is 0 Å². The third-order valence-electron chi connectivity index (χ3n) is 3.63. The lowest BCUT2D eigenvalue weighted by molar-refractivity contribution is 0.570. The zero-order chi connectivity index (χ0) is 13.7.